The molecule has 1 aromatic rings. The average molecular weight is 329 g/mol. The molecule has 0 radical (unpaired) electrons. The number of hydrogen-bond acceptors (Lipinski definition) is 2. The van der Waals surface area contributed by atoms with Crippen molar-refractivity contribution >= 4 is 15.9 Å². The number of likely N-dealkylation sites (tertiary alicyclic amines) is 1. The van der Waals surface area contributed by atoms with Crippen molar-refractivity contribution in [2.24, 2.45) is 0 Å². The summed E-state index contributed by atoms with van der Waals surface area (Å²) in [6, 6.07) is 5.94. The van der Waals surface area contributed by atoms with Crippen LogP contribution in [0.3, 0.4) is 0 Å². The van der Waals surface area contributed by atoms with E-state index in [0.29, 0.717) is 10.5 Å². The van der Waals surface area contributed by atoms with E-state index in [0.717, 1.165) is 26.2 Å². The van der Waals surface area contributed by atoms with Crippen LogP contribution in [0, 0.1) is 5.82 Å². The monoisotopic (exact) mass is 328 g/mol. The van der Waals surface area contributed by atoms with Gasteiger partial charge in [-0.3, -0.25) is 4.90 Å². The number of hydrogen-bond donors (Lipinski definition) is 1. The largest absolute Gasteiger partial charge is 0.315 e. The molecular formula is C15H22BrFN2. The molecule has 19 heavy (non-hydrogen) atoms. The average Bonchev–Trinajstić information content (AvgIpc) is 2.42. The molecule has 1 aliphatic heterocycles. The molecule has 4 heteroatoms. The lowest BCUT2D eigenvalue weighted by Crippen LogP contribution is -2.44. The van der Waals surface area contributed by atoms with Crippen LogP contribution in [-0.4, -0.2) is 30.6 Å². The summed E-state index contributed by atoms with van der Waals surface area (Å²) in [5, 5.41) is 3.44. The number of likely N-dealkylation sites (N-methyl/N-ethyl adjacent to an activating group) is 1. The lowest BCUT2D eigenvalue weighted by Gasteiger charge is -2.36. The predicted octanol–water partition coefficient (Wildman–Crippen LogP) is 3.55. The minimum Gasteiger partial charge on any atom is -0.315 e. The van der Waals surface area contributed by atoms with Crippen LogP contribution >= 0.6 is 15.9 Å². The van der Waals surface area contributed by atoms with E-state index in [9.17, 15) is 4.39 Å². The Morgan fingerprint density at radius 1 is 1.42 bits per heavy atom. The third kappa shape index (κ3) is 4.26. The van der Waals surface area contributed by atoms with Gasteiger partial charge in [-0.1, -0.05) is 19.4 Å². The number of rotatable bonds is 5. The van der Waals surface area contributed by atoms with Gasteiger partial charge in [0.05, 0.1) is 4.47 Å². The normalized spacial score (nSPS) is 20.7. The van der Waals surface area contributed by atoms with Crippen molar-refractivity contribution < 1.29 is 4.39 Å². The zero-order chi connectivity index (χ0) is 13.7. The van der Waals surface area contributed by atoms with Crippen LogP contribution < -0.4 is 5.32 Å². The van der Waals surface area contributed by atoms with Crippen LogP contribution in [-0.2, 0) is 6.54 Å². The van der Waals surface area contributed by atoms with Crippen LogP contribution in [0.4, 0.5) is 4.39 Å². The molecule has 0 aromatic heterocycles. The number of benzene rings is 1. The number of nitrogens with zero attached hydrogens (tertiary/aromatic N) is 1. The van der Waals surface area contributed by atoms with E-state index in [1.807, 2.05) is 12.1 Å². The van der Waals surface area contributed by atoms with Crippen molar-refractivity contribution in [1.82, 2.24) is 10.2 Å². The molecule has 1 aliphatic rings. The van der Waals surface area contributed by atoms with Gasteiger partial charge < -0.3 is 5.32 Å². The second kappa shape index (κ2) is 7.36. The Morgan fingerprint density at radius 2 is 2.26 bits per heavy atom. The minimum absolute atomic E-state index is 0.188. The van der Waals surface area contributed by atoms with E-state index < -0.39 is 0 Å². The molecule has 1 aromatic carbocycles. The SMILES string of the molecule is CCNCC1CCCCN1Cc1ccc(F)c(Br)c1. The summed E-state index contributed by atoms with van der Waals surface area (Å²) in [6.07, 6.45) is 3.85. The Hall–Kier alpha value is -0.450. The minimum atomic E-state index is -0.188. The Morgan fingerprint density at radius 3 is 3.00 bits per heavy atom. The summed E-state index contributed by atoms with van der Waals surface area (Å²) < 4.78 is 13.8. The molecule has 2 rings (SSSR count). The van der Waals surface area contributed by atoms with Gasteiger partial charge in [0.15, 0.2) is 0 Å². The molecule has 0 aliphatic carbocycles. The van der Waals surface area contributed by atoms with Crippen molar-refractivity contribution in [3.05, 3.63) is 34.1 Å². The maximum atomic E-state index is 13.3. The molecule has 0 spiro atoms. The molecule has 0 amide bonds. The molecule has 1 saturated heterocycles. The van der Waals surface area contributed by atoms with Crippen LogP contribution in [0.25, 0.3) is 0 Å². The highest BCUT2D eigenvalue weighted by atomic mass is 79.9. The first kappa shape index (κ1) is 14.9. The molecule has 1 heterocycles. The first-order valence-corrected chi connectivity index (χ1v) is 7.88. The fraction of sp³-hybridized carbons (Fsp3) is 0.600. The summed E-state index contributed by atoms with van der Waals surface area (Å²) in [5.74, 6) is -0.188. The van der Waals surface area contributed by atoms with E-state index in [4.69, 9.17) is 0 Å². The number of halogens is 2. The Bertz CT molecular complexity index is 411. The van der Waals surface area contributed by atoms with Crippen LogP contribution in [0.15, 0.2) is 22.7 Å². The summed E-state index contributed by atoms with van der Waals surface area (Å²) in [5.41, 5.74) is 1.18. The van der Waals surface area contributed by atoms with Gasteiger partial charge in [0.1, 0.15) is 5.82 Å². The Kier molecular flexibility index (Phi) is 5.79. The Labute approximate surface area is 123 Å². The lowest BCUT2D eigenvalue weighted by molar-refractivity contribution is 0.138. The lowest BCUT2D eigenvalue weighted by atomic mass is 10.0. The van der Waals surface area contributed by atoms with Crippen molar-refractivity contribution in [3.63, 3.8) is 0 Å². The molecule has 1 fully saturated rings. The molecule has 0 bridgehead atoms. The van der Waals surface area contributed by atoms with Crippen LogP contribution in [0.2, 0.25) is 0 Å². The molecule has 1 unspecified atom stereocenters. The van der Waals surface area contributed by atoms with Crippen molar-refractivity contribution in [2.75, 3.05) is 19.6 Å². The highest BCUT2D eigenvalue weighted by Gasteiger charge is 2.21. The summed E-state index contributed by atoms with van der Waals surface area (Å²) in [6.45, 7) is 6.27. The third-order valence-electron chi connectivity index (χ3n) is 3.75. The van der Waals surface area contributed by atoms with E-state index in [-0.39, 0.29) is 5.82 Å². The van der Waals surface area contributed by atoms with Gasteiger partial charge in [-0.25, -0.2) is 4.39 Å². The fourth-order valence-corrected chi connectivity index (χ4v) is 3.11. The Balaban J connectivity index is 1.99. The number of piperidine rings is 1. The zero-order valence-corrected chi connectivity index (χ0v) is 13.0. The molecule has 2 nitrogen and oxygen atoms in total. The van der Waals surface area contributed by atoms with E-state index >= 15 is 0 Å². The maximum Gasteiger partial charge on any atom is 0.137 e. The first-order chi connectivity index (χ1) is 9.20. The van der Waals surface area contributed by atoms with Gasteiger partial charge in [-0.15, -0.1) is 0 Å². The fourth-order valence-electron chi connectivity index (χ4n) is 2.68. The van der Waals surface area contributed by atoms with Gasteiger partial charge in [0.25, 0.3) is 0 Å². The number of nitrogens with one attached hydrogen (secondary N) is 1. The van der Waals surface area contributed by atoms with Crippen LogP contribution in [0.5, 0.6) is 0 Å². The second-order valence-electron chi connectivity index (χ2n) is 5.18. The molecule has 106 valence electrons. The summed E-state index contributed by atoms with van der Waals surface area (Å²) >= 11 is 3.26. The summed E-state index contributed by atoms with van der Waals surface area (Å²) in [7, 11) is 0. The van der Waals surface area contributed by atoms with Gasteiger partial charge in [0, 0.05) is 19.1 Å². The zero-order valence-electron chi connectivity index (χ0n) is 11.5. The molecule has 1 N–H and O–H groups in total. The van der Waals surface area contributed by atoms with E-state index in [2.05, 4.69) is 33.1 Å². The quantitative estimate of drug-likeness (QED) is 0.889. The van der Waals surface area contributed by atoms with Crippen molar-refractivity contribution in [3.8, 4) is 0 Å². The third-order valence-corrected chi connectivity index (χ3v) is 4.36. The highest BCUT2D eigenvalue weighted by Crippen LogP contribution is 2.22. The van der Waals surface area contributed by atoms with E-state index in [1.54, 1.807) is 6.07 Å². The van der Waals surface area contributed by atoms with E-state index in [1.165, 1.54) is 24.8 Å². The van der Waals surface area contributed by atoms with Gasteiger partial charge >= 0.3 is 0 Å². The molecule has 1 atom stereocenters. The van der Waals surface area contributed by atoms with Gasteiger partial charge in [-0.2, -0.15) is 0 Å². The molecular weight excluding hydrogens is 307 g/mol. The van der Waals surface area contributed by atoms with Gasteiger partial charge in [0.2, 0.25) is 0 Å². The first-order valence-electron chi connectivity index (χ1n) is 7.09. The van der Waals surface area contributed by atoms with Crippen molar-refractivity contribution in [1.29, 1.82) is 0 Å². The van der Waals surface area contributed by atoms with Crippen molar-refractivity contribution in [2.45, 2.75) is 38.8 Å². The second-order valence-corrected chi connectivity index (χ2v) is 6.03. The van der Waals surface area contributed by atoms with Crippen LogP contribution in [0.1, 0.15) is 31.7 Å². The van der Waals surface area contributed by atoms with Gasteiger partial charge in [-0.05, 0) is 59.6 Å². The maximum absolute atomic E-state index is 13.3. The highest BCUT2D eigenvalue weighted by molar-refractivity contribution is 9.10. The smallest absolute Gasteiger partial charge is 0.137 e. The topological polar surface area (TPSA) is 15.3 Å². The molecule has 0 saturated carbocycles. The predicted molar refractivity (Wildman–Crippen MR) is 80.7 cm³/mol. The standard InChI is InChI=1S/C15H22BrFN2/c1-2-18-10-13-5-3-4-8-19(13)11-12-6-7-15(17)14(16)9-12/h6-7,9,13,18H,2-5,8,10-11H2,1H3. The summed E-state index contributed by atoms with van der Waals surface area (Å²) in [4.78, 5) is 2.52.